The lowest BCUT2D eigenvalue weighted by Crippen LogP contribution is -2.55. The van der Waals surface area contributed by atoms with E-state index in [1.807, 2.05) is 0 Å². The van der Waals surface area contributed by atoms with Gasteiger partial charge in [0.15, 0.2) is 0 Å². The number of carbonyl (C=O) groups is 2. The number of hydrogen-bond acceptors (Lipinski definition) is 4. The third-order valence-electron chi connectivity index (χ3n) is 4.25. The van der Waals surface area contributed by atoms with E-state index in [1.54, 1.807) is 45.0 Å². The predicted octanol–water partition coefficient (Wildman–Crippen LogP) is 1.16. The van der Waals surface area contributed by atoms with Gasteiger partial charge in [-0.3, -0.25) is 9.59 Å². The Morgan fingerprint density at radius 1 is 1.28 bits per heavy atom. The van der Waals surface area contributed by atoms with Crippen LogP contribution >= 0.6 is 0 Å². The number of sulfonamides is 1. The van der Waals surface area contributed by atoms with Gasteiger partial charge in [0.05, 0.1) is 12.2 Å². The van der Waals surface area contributed by atoms with Crippen molar-refractivity contribution < 1.29 is 23.1 Å². The maximum Gasteiger partial charge on any atom is 0.312 e. The minimum atomic E-state index is -3.59. The highest BCUT2D eigenvalue weighted by molar-refractivity contribution is 7.88. The molecule has 1 heterocycles. The number of nitrogens with one attached hydrogen (secondary N) is 1. The number of amides is 1. The number of benzene rings is 1. The SMILES string of the molecule is CC(C)(C)C(NS(C)(=O)=O)C(=O)N1Cc2ccccc2C(C(=O)O)C1. The number of carboxylic acid groups (broad SMARTS) is 1. The molecular weight excluding hydrogens is 344 g/mol. The summed E-state index contributed by atoms with van der Waals surface area (Å²) in [5.41, 5.74) is 0.805. The molecule has 0 radical (unpaired) electrons. The van der Waals surface area contributed by atoms with Crippen LogP contribution in [-0.4, -0.2) is 49.1 Å². The molecular formula is C17H24N2O5S. The van der Waals surface area contributed by atoms with Crippen molar-refractivity contribution in [1.82, 2.24) is 9.62 Å². The van der Waals surface area contributed by atoms with Gasteiger partial charge >= 0.3 is 5.97 Å². The zero-order chi connectivity index (χ0) is 19.0. The molecule has 2 unspecified atom stereocenters. The van der Waals surface area contributed by atoms with Crippen LogP contribution in [0.25, 0.3) is 0 Å². The molecule has 1 aliphatic rings. The van der Waals surface area contributed by atoms with E-state index in [9.17, 15) is 23.1 Å². The van der Waals surface area contributed by atoms with Crippen LogP contribution in [0, 0.1) is 5.41 Å². The van der Waals surface area contributed by atoms with Gasteiger partial charge in [-0.15, -0.1) is 0 Å². The van der Waals surface area contributed by atoms with E-state index in [2.05, 4.69) is 4.72 Å². The summed E-state index contributed by atoms with van der Waals surface area (Å²) < 4.78 is 25.7. The number of aliphatic carboxylic acids is 1. The molecule has 1 aromatic rings. The zero-order valence-corrected chi connectivity index (χ0v) is 15.6. The van der Waals surface area contributed by atoms with Gasteiger partial charge < -0.3 is 10.0 Å². The summed E-state index contributed by atoms with van der Waals surface area (Å²) in [6.07, 6.45) is 1.00. The number of fused-ring (bicyclic) bond motifs is 1. The van der Waals surface area contributed by atoms with Crippen LogP contribution in [0.4, 0.5) is 0 Å². The van der Waals surface area contributed by atoms with E-state index in [-0.39, 0.29) is 13.1 Å². The molecule has 1 aromatic carbocycles. The van der Waals surface area contributed by atoms with Crippen LogP contribution in [0.15, 0.2) is 24.3 Å². The lowest BCUT2D eigenvalue weighted by molar-refractivity contribution is -0.142. The fourth-order valence-electron chi connectivity index (χ4n) is 2.98. The molecule has 25 heavy (non-hydrogen) atoms. The first kappa shape index (κ1) is 19.4. The quantitative estimate of drug-likeness (QED) is 0.830. The first-order chi connectivity index (χ1) is 11.4. The molecule has 0 bridgehead atoms. The second-order valence-electron chi connectivity index (χ2n) is 7.50. The Labute approximate surface area is 148 Å². The van der Waals surface area contributed by atoms with Gasteiger partial charge in [-0.25, -0.2) is 13.1 Å². The molecule has 1 aliphatic heterocycles. The minimum absolute atomic E-state index is 0.0171. The van der Waals surface area contributed by atoms with Crippen molar-refractivity contribution in [3.05, 3.63) is 35.4 Å². The summed E-state index contributed by atoms with van der Waals surface area (Å²) >= 11 is 0. The molecule has 7 nitrogen and oxygen atoms in total. The highest BCUT2D eigenvalue weighted by atomic mass is 32.2. The van der Waals surface area contributed by atoms with E-state index in [4.69, 9.17) is 0 Å². The van der Waals surface area contributed by atoms with Crippen LogP contribution in [0.1, 0.15) is 37.8 Å². The van der Waals surface area contributed by atoms with Gasteiger partial charge in [-0.2, -0.15) is 0 Å². The van der Waals surface area contributed by atoms with Crippen LogP contribution in [0.5, 0.6) is 0 Å². The zero-order valence-electron chi connectivity index (χ0n) is 14.8. The molecule has 2 rings (SSSR count). The maximum absolute atomic E-state index is 13.0. The van der Waals surface area contributed by atoms with E-state index in [1.165, 1.54) is 4.90 Å². The summed E-state index contributed by atoms with van der Waals surface area (Å²) in [5, 5.41) is 9.52. The minimum Gasteiger partial charge on any atom is -0.481 e. The van der Waals surface area contributed by atoms with Gasteiger partial charge in [0, 0.05) is 13.1 Å². The van der Waals surface area contributed by atoms with E-state index < -0.39 is 39.3 Å². The first-order valence-corrected chi connectivity index (χ1v) is 9.86. The number of carbonyl (C=O) groups excluding carboxylic acids is 1. The Morgan fingerprint density at radius 2 is 1.88 bits per heavy atom. The second-order valence-corrected chi connectivity index (χ2v) is 9.28. The molecule has 1 amide bonds. The van der Waals surface area contributed by atoms with Crippen molar-refractivity contribution in [1.29, 1.82) is 0 Å². The molecule has 0 fully saturated rings. The number of rotatable bonds is 4. The van der Waals surface area contributed by atoms with Crippen LogP contribution < -0.4 is 4.72 Å². The second kappa shape index (κ2) is 6.76. The molecule has 2 atom stereocenters. The molecule has 0 saturated carbocycles. The summed E-state index contributed by atoms with van der Waals surface area (Å²) in [4.78, 5) is 26.1. The standard InChI is InChI=1S/C17H24N2O5S/c1-17(2,3)14(18-25(4,23)24)15(20)19-9-11-7-5-6-8-12(11)13(10-19)16(21)22/h5-8,13-14,18H,9-10H2,1-4H3,(H,21,22). The van der Waals surface area contributed by atoms with Crippen LogP contribution in [0.3, 0.4) is 0 Å². The first-order valence-electron chi connectivity index (χ1n) is 7.97. The van der Waals surface area contributed by atoms with Gasteiger partial charge in [-0.05, 0) is 16.5 Å². The fourth-order valence-corrected chi connectivity index (χ4v) is 3.86. The monoisotopic (exact) mass is 368 g/mol. The highest BCUT2D eigenvalue weighted by Crippen LogP contribution is 2.31. The summed E-state index contributed by atoms with van der Waals surface area (Å²) in [7, 11) is -3.59. The van der Waals surface area contributed by atoms with E-state index >= 15 is 0 Å². The lowest BCUT2D eigenvalue weighted by Gasteiger charge is -2.38. The number of hydrogen-bond donors (Lipinski definition) is 2. The molecule has 0 aliphatic carbocycles. The summed E-state index contributed by atoms with van der Waals surface area (Å²) in [6.45, 7) is 5.57. The highest BCUT2D eigenvalue weighted by Gasteiger charge is 2.40. The maximum atomic E-state index is 13.0. The molecule has 0 saturated heterocycles. The van der Waals surface area contributed by atoms with Crippen molar-refractivity contribution in [3.63, 3.8) is 0 Å². The van der Waals surface area contributed by atoms with Crippen molar-refractivity contribution >= 4 is 21.9 Å². The van der Waals surface area contributed by atoms with Gasteiger partial charge in [-0.1, -0.05) is 45.0 Å². The van der Waals surface area contributed by atoms with Gasteiger partial charge in [0.25, 0.3) is 0 Å². The van der Waals surface area contributed by atoms with Gasteiger partial charge in [0.2, 0.25) is 15.9 Å². The number of nitrogens with zero attached hydrogens (tertiary/aromatic N) is 1. The Balaban J connectivity index is 2.37. The molecule has 138 valence electrons. The normalized spacial score (nSPS) is 19.2. The average molecular weight is 368 g/mol. The average Bonchev–Trinajstić information content (AvgIpc) is 2.48. The largest absolute Gasteiger partial charge is 0.481 e. The van der Waals surface area contributed by atoms with Gasteiger partial charge in [0.1, 0.15) is 6.04 Å². The summed E-state index contributed by atoms with van der Waals surface area (Å²) in [6, 6.07) is 6.14. The van der Waals surface area contributed by atoms with Crippen molar-refractivity contribution in [2.45, 2.75) is 39.3 Å². The molecule has 0 aromatic heterocycles. The van der Waals surface area contributed by atoms with Crippen molar-refractivity contribution in [3.8, 4) is 0 Å². The Bertz CT molecular complexity index is 782. The molecule has 0 spiro atoms. The van der Waals surface area contributed by atoms with E-state index in [0.29, 0.717) is 5.56 Å². The number of carboxylic acids is 1. The predicted molar refractivity (Wildman–Crippen MR) is 93.5 cm³/mol. The molecule has 2 N–H and O–H groups in total. The summed E-state index contributed by atoms with van der Waals surface area (Å²) in [5.74, 6) is -2.25. The smallest absolute Gasteiger partial charge is 0.312 e. The van der Waals surface area contributed by atoms with E-state index in [0.717, 1.165) is 11.8 Å². The van der Waals surface area contributed by atoms with Crippen molar-refractivity contribution in [2.75, 3.05) is 12.8 Å². The topological polar surface area (TPSA) is 104 Å². The van der Waals surface area contributed by atoms with Crippen LogP contribution in [0.2, 0.25) is 0 Å². The third-order valence-corrected chi connectivity index (χ3v) is 4.91. The molecule has 8 heteroatoms. The Kier molecular flexibility index (Phi) is 5.24. The fraction of sp³-hybridized carbons (Fsp3) is 0.529. The van der Waals surface area contributed by atoms with Crippen LogP contribution in [-0.2, 0) is 26.2 Å². The van der Waals surface area contributed by atoms with Crippen molar-refractivity contribution in [2.24, 2.45) is 5.41 Å². The Morgan fingerprint density at radius 3 is 2.40 bits per heavy atom. The lowest BCUT2D eigenvalue weighted by atomic mass is 9.84. The third kappa shape index (κ3) is 4.58. The Hall–Kier alpha value is -1.93.